The third-order valence-electron chi connectivity index (χ3n) is 4.45. The number of nitrogens with zero attached hydrogens (tertiary/aromatic N) is 4. The number of carbonyl (C=O) groups excluding carboxylic acids is 1. The maximum Gasteiger partial charge on any atom is 0.228 e. The zero-order valence-electron chi connectivity index (χ0n) is 14.1. The van der Waals surface area contributed by atoms with Gasteiger partial charge in [-0.2, -0.15) is 0 Å². The van der Waals surface area contributed by atoms with Gasteiger partial charge in [0.1, 0.15) is 0 Å². The van der Waals surface area contributed by atoms with E-state index in [9.17, 15) is 4.79 Å². The van der Waals surface area contributed by atoms with Crippen LogP contribution < -0.4 is 4.90 Å². The molecule has 1 amide bonds. The summed E-state index contributed by atoms with van der Waals surface area (Å²) in [5.74, 6) is 1.46. The topological polar surface area (TPSA) is 78.3 Å². The number of rotatable bonds is 4. The predicted molar refractivity (Wildman–Crippen MR) is 98.0 cm³/mol. The molecule has 1 fully saturated rings. The first-order valence-electron chi connectivity index (χ1n) is 8.43. The molecule has 1 saturated heterocycles. The van der Waals surface area contributed by atoms with Crippen LogP contribution in [0, 0.1) is 0 Å². The minimum atomic E-state index is 0.0445. The van der Waals surface area contributed by atoms with Gasteiger partial charge < -0.3 is 19.3 Å². The van der Waals surface area contributed by atoms with Crippen LogP contribution in [-0.2, 0) is 11.2 Å². The second-order valence-corrected chi connectivity index (χ2v) is 6.53. The lowest BCUT2D eigenvalue weighted by molar-refractivity contribution is -0.130. The Morgan fingerprint density at radius 3 is 2.77 bits per heavy atom. The van der Waals surface area contributed by atoms with E-state index in [4.69, 9.17) is 16.1 Å². The molecule has 0 bridgehead atoms. The number of aromatic amines is 1. The standard InChI is InChI=1S/C18H18ClN5O2/c19-15-4-2-1-3-14(15)16-11-13(22-26-16)12-17(25)23-7-9-24(10-8-23)18-20-5-6-21-18/h1-6,11H,7-10,12H2,(H,20,21). The molecule has 0 spiro atoms. The molecular formula is C18H18ClN5O2. The predicted octanol–water partition coefficient (Wildman–Crippen LogP) is 2.61. The first kappa shape index (κ1) is 16.7. The number of anilines is 1. The summed E-state index contributed by atoms with van der Waals surface area (Å²) in [5.41, 5.74) is 1.38. The number of imidazole rings is 1. The van der Waals surface area contributed by atoms with Gasteiger partial charge in [-0.1, -0.05) is 28.9 Å². The molecule has 0 saturated carbocycles. The van der Waals surface area contributed by atoms with Crippen molar-refractivity contribution in [2.24, 2.45) is 0 Å². The molecule has 4 rings (SSSR count). The molecular weight excluding hydrogens is 354 g/mol. The van der Waals surface area contributed by atoms with Gasteiger partial charge in [0.05, 0.1) is 17.1 Å². The van der Waals surface area contributed by atoms with Crippen LogP contribution in [0.1, 0.15) is 5.69 Å². The Kier molecular flexibility index (Phi) is 4.62. The number of H-pyrrole nitrogens is 1. The van der Waals surface area contributed by atoms with E-state index in [0.29, 0.717) is 29.6 Å². The molecule has 8 heteroatoms. The summed E-state index contributed by atoms with van der Waals surface area (Å²) < 4.78 is 5.36. The van der Waals surface area contributed by atoms with E-state index in [1.165, 1.54) is 0 Å². The average molecular weight is 372 g/mol. The fourth-order valence-corrected chi connectivity index (χ4v) is 3.28. The number of aromatic nitrogens is 3. The van der Waals surface area contributed by atoms with Gasteiger partial charge in [0.2, 0.25) is 11.9 Å². The maximum atomic E-state index is 12.5. The van der Waals surface area contributed by atoms with Gasteiger partial charge in [-0.3, -0.25) is 4.79 Å². The third-order valence-corrected chi connectivity index (χ3v) is 4.78. The van der Waals surface area contributed by atoms with Crippen molar-refractivity contribution < 1.29 is 9.32 Å². The van der Waals surface area contributed by atoms with Crippen LogP contribution in [0.5, 0.6) is 0 Å². The third kappa shape index (κ3) is 3.43. The van der Waals surface area contributed by atoms with E-state index in [-0.39, 0.29) is 12.3 Å². The Morgan fingerprint density at radius 2 is 2.04 bits per heavy atom. The summed E-state index contributed by atoms with van der Waals surface area (Å²) in [7, 11) is 0. The molecule has 1 aromatic carbocycles. The van der Waals surface area contributed by atoms with E-state index in [1.807, 2.05) is 23.1 Å². The Hall–Kier alpha value is -2.80. The largest absolute Gasteiger partial charge is 0.356 e. The molecule has 3 heterocycles. The van der Waals surface area contributed by atoms with E-state index in [2.05, 4.69) is 20.0 Å². The first-order chi connectivity index (χ1) is 12.7. The number of carbonyl (C=O) groups is 1. The van der Waals surface area contributed by atoms with Gasteiger partial charge in [0.15, 0.2) is 5.76 Å². The maximum absolute atomic E-state index is 12.5. The SMILES string of the molecule is O=C(Cc1cc(-c2ccccc2Cl)on1)N1CCN(c2ncc[nH]2)CC1. The van der Waals surface area contributed by atoms with Crippen LogP contribution in [0.4, 0.5) is 5.95 Å². The van der Waals surface area contributed by atoms with Crippen LogP contribution in [0.25, 0.3) is 11.3 Å². The second-order valence-electron chi connectivity index (χ2n) is 6.12. The lowest BCUT2D eigenvalue weighted by atomic mass is 10.1. The summed E-state index contributed by atoms with van der Waals surface area (Å²) in [6.07, 6.45) is 3.75. The smallest absolute Gasteiger partial charge is 0.228 e. The molecule has 0 unspecified atom stereocenters. The molecule has 0 atom stereocenters. The zero-order chi connectivity index (χ0) is 17.9. The Labute approximate surface area is 155 Å². The van der Waals surface area contributed by atoms with Gasteiger partial charge >= 0.3 is 0 Å². The van der Waals surface area contributed by atoms with E-state index < -0.39 is 0 Å². The quantitative estimate of drug-likeness (QED) is 0.762. The van der Waals surface area contributed by atoms with Crippen molar-refractivity contribution in [1.82, 2.24) is 20.0 Å². The molecule has 134 valence electrons. The van der Waals surface area contributed by atoms with Crippen LogP contribution in [0.3, 0.4) is 0 Å². The van der Waals surface area contributed by atoms with Crippen molar-refractivity contribution in [3.8, 4) is 11.3 Å². The zero-order valence-corrected chi connectivity index (χ0v) is 14.8. The minimum Gasteiger partial charge on any atom is -0.356 e. The number of amides is 1. The molecule has 1 aliphatic rings. The van der Waals surface area contributed by atoms with Crippen LogP contribution in [-0.4, -0.2) is 52.1 Å². The summed E-state index contributed by atoms with van der Waals surface area (Å²) in [6, 6.07) is 9.17. The summed E-state index contributed by atoms with van der Waals surface area (Å²) >= 11 is 6.18. The van der Waals surface area contributed by atoms with Gasteiger partial charge in [0.25, 0.3) is 0 Å². The van der Waals surface area contributed by atoms with Crippen LogP contribution in [0.15, 0.2) is 47.2 Å². The fourth-order valence-electron chi connectivity index (χ4n) is 3.05. The van der Waals surface area contributed by atoms with E-state index in [0.717, 1.165) is 24.6 Å². The lowest BCUT2D eigenvalue weighted by Gasteiger charge is -2.34. The minimum absolute atomic E-state index is 0.0445. The van der Waals surface area contributed by atoms with E-state index in [1.54, 1.807) is 24.5 Å². The van der Waals surface area contributed by atoms with Crippen molar-refractivity contribution in [2.75, 3.05) is 31.1 Å². The average Bonchev–Trinajstić information content (AvgIpc) is 3.34. The number of hydrogen-bond donors (Lipinski definition) is 1. The van der Waals surface area contributed by atoms with Crippen molar-refractivity contribution >= 4 is 23.5 Å². The normalized spacial score (nSPS) is 14.7. The van der Waals surface area contributed by atoms with Gasteiger partial charge in [0, 0.05) is 50.2 Å². The summed E-state index contributed by atoms with van der Waals surface area (Å²) in [4.78, 5) is 23.9. The monoisotopic (exact) mass is 371 g/mol. The first-order valence-corrected chi connectivity index (χ1v) is 8.81. The lowest BCUT2D eigenvalue weighted by Crippen LogP contribution is -2.49. The molecule has 1 N–H and O–H groups in total. The van der Waals surface area contributed by atoms with Gasteiger partial charge in [-0.25, -0.2) is 4.98 Å². The molecule has 3 aromatic rings. The summed E-state index contributed by atoms with van der Waals surface area (Å²) in [6.45, 7) is 2.83. The Morgan fingerprint density at radius 1 is 1.23 bits per heavy atom. The highest BCUT2D eigenvalue weighted by Gasteiger charge is 2.23. The molecule has 26 heavy (non-hydrogen) atoms. The summed E-state index contributed by atoms with van der Waals surface area (Å²) in [5, 5.41) is 4.61. The molecule has 0 radical (unpaired) electrons. The van der Waals surface area contributed by atoms with Gasteiger partial charge in [-0.05, 0) is 12.1 Å². The van der Waals surface area contributed by atoms with Crippen LogP contribution >= 0.6 is 11.6 Å². The fraction of sp³-hybridized carbons (Fsp3) is 0.278. The van der Waals surface area contributed by atoms with Crippen molar-refractivity contribution in [3.05, 3.63) is 53.4 Å². The highest BCUT2D eigenvalue weighted by atomic mass is 35.5. The van der Waals surface area contributed by atoms with E-state index >= 15 is 0 Å². The van der Waals surface area contributed by atoms with Crippen molar-refractivity contribution in [1.29, 1.82) is 0 Å². The molecule has 2 aromatic heterocycles. The van der Waals surface area contributed by atoms with Gasteiger partial charge in [-0.15, -0.1) is 0 Å². The highest BCUT2D eigenvalue weighted by Crippen LogP contribution is 2.28. The Bertz CT molecular complexity index is 885. The van der Waals surface area contributed by atoms with Crippen molar-refractivity contribution in [2.45, 2.75) is 6.42 Å². The molecule has 7 nitrogen and oxygen atoms in total. The van der Waals surface area contributed by atoms with Crippen molar-refractivity contribution in [3.63, 3.8) is 0 Å². The Balaban J connectivity index is 1.36. The highest BCUT2D eigenvalue weighted by molar-refractivity contribution is 6.33. The number of benzene rings is 1. The number of hydrogen-bond acceptors (Lipinski definition) is 5. The second kappa shape index (κ2) is 7.21. The number of halogens is 1. The number of piperazine rings is 1. The van der Waals surface area contributed by atoms with Crippen LogP contribution in [0.2, 0.25) is 5.02 Å². The number of nitrogens with one attached hydrogen (secondary N) is 1. The molecule has 0 aliphatic carbocycles. The molecule has 1 aliphatic heterocycles.